The van der Waals surface area contributed by atoms with Gasteiger partial charge in [-0.25, -0.2) is 0 Å². The van der Waals surface area contributed by atoms with Gasteiger partial charge in [-0.15, -0.1) is 10.2 Å². The first-order chi connectivity index (χ1) is 10.6. The number of benzene rings is 2. The summed E-state index contributed by atoms with van der Waals surface area (Å²) in [5.41, 5.74) is 3.32. The summed E-state index contributed by atoms with van der Waals surface area (Å²) in [6, 6.07) is 16.0. The minimum Gasteiger partial charge on any atom is -0.159 e. The molecule has 0 radical (unpaired) electrons. The zero-order valence-electron chi connectivity index (χ0n) is 12.6. The van der Waals surface area contributed by atoms with E-state index in [9.17, 15) is 0 Å². The number of hydrogen-bond acceptors (Lipinski definition) is 3. The first-order valence-corrected chi connectivity index (χ1v) is 7.62. The zero-order valence-corrected chi connectivity index (χ0v) is 13.3. The Bertz CT molecular complexity index is 762. The van der Waals surface area contributed by atoms with E-state index in [4.69, 9.17) is 11.6 Å². The fraction of sp³-hybridized carbons (Fsp3) is 0.235. The molecule has 0 unspecified atom stereocenters. The van der Waals surface area contributed by atoms with Crippen molar-refractivity contribution in [3.8, 4) is 11.4 Å². The van der Waals surface area contributed by atoms with Gasteiger partial charge in [-0.1, -0.05) is 61.8 Å². The molecule has 0 amide bonds. The van der Waals surface area contributed by atoms with Crippen LogP contribution in [-0.4, -0.2) is 20.2 Å². The topological polar surface area (TPSA) is 43.6 Å². The summed E-state index contributed by atoms with van der Waals surface area (Å²) < 4.78 is 0. The molecule has 4 nitrogen and oxygen atoms in total. The minimum atomic E-state index is 0.514. The first-order valence-electron chi connectivity index (χ1n) is 7.24. The Morgan fingerprint density at radius 1 is 1.09 bits per heavy atom. The van der Waals surface area contributed by atoms with Gasteiger partial charge in [-0.3, -0.25) is 0 Å². The third-order valence-electron chi connectivity index (χ3n) is 3.50. The quantitative estimate of drug-likeness (QED) is 0.726. The van der Waals surface area contributed by atoms with Crippen LogP contribution in [0.4, 0.5) is 0 Å². The van der Waals surface area contributed by atoms with Gasteiger partial charge in [0.25, 0.3) is 0 Å². The molecule has 3 rings (SSSR count). The summed E-state index contributed by atoms with van der Waals surface area (Å²) in [6.45, 7) is 4.90. The van der Waals surface area contributed by atoms with Crippen LogP contribution < -0.4 is 0 Å². The Balaban J connectivity index is 1.78. The fourth-order valence-corrected chi connectivity index (χ4v) is 2.45. The van der Waals surface area contributed by atoms with E-state index in [2.05, 4.69) is 41.4 Å². The molecule has 3 aromatic rings. The summed E-state index contributed by atoms with van der Waals surface area (Å²) in [7, 11) is 0. The summed E-state index contributed by atoms with van der Waals surface area (Å²) in [6.07, 6.45) is 0. The highest BCUT2D eigenvalue weighted by Crippen LogP contribution is 2.19. The van der Waals surface area contributed by atoms with Crippen LogP contribution in [0.1, 0.15) is 30.9 Å². The van der Waals surface area contributed by atoms with E-state index in [0.29, 0.717) is 23.3 Å². The van der Waals surface area contributed by atoms with Gasteiger partial charge in [0.15, 0.2) is 0 Å². The van der Waals surface area contributed by atoms with Crippen LogP contribution in [0.2, 0.25) is 5.02 Å². The van der Waals surface area contributed by atoms with E-state index in [-0.39, 0.29) is 0 Å². The second kappa shape index (κ2) is 6.28. The lowest BCUT2D eigenvalue weighted by Crippen LogP contribution is -2.03. The van der Waals surface area contributed by atoms with Crippen molar-refractivity contribution >= 4 is 11.6 Å². The molecule has 112 valence electrons. The highest BCUT2D eigenvalue weighted by molar-refractivity contribution is 6.30. The maximum absolute atomic E-state index is 5.99. The van der Waals surface area contributed by atoms with Crippen LogP contribution in [-0.2, 0) is 6.54 Å². The van der Waals surface area contributed by atoms with E-state index in [1.54, 1.807) is 4.80 Å². The fourth-order valence-electron chi connectivity index (χ4n) is 2.24. The Morgan fingerprint density at radius 2 is 1.86 bits per heavy atom. The number of tetrazole rings is 1. The van der Waals surface area contributed by atoms with Crippen molar-refractivity contribution in [1.29, 1.82) is 0 Å². The summed E-state index contributed by atoms with van der Waals surface area (Å²) >= 11 is 5.99. The van der Waals surface area contributed by atoms with E-state index in [0.717, 1.165) is 11.1 Å². The first kappa shape index (κ1) is 14.7. The molecular weight excluding hydrogens is 296 g/mol. The van der Waals surface area contributed by atoms with Gasteiger partial charge < -0.3 is 0 Å². The van der Waals surface area contributed by atoms with Crippen molar-refractivity contribution in [1.82, 2.24) is 20.2 Å². The number of hydrogen-bond donors (Lipinski definition) is 0. The van der Waals surface area contributed by atoms with Crippen molar-refractivity contribution in [2.75, 3.05) is 0 Å². The molecule has 1 aromatic heterocycles. The third-order valence-corrected chi connectivity index (χ3v) is 3.74. The van der Waals surface area contributed by atoms with Crippen molar-refractivity contribution in [2.24, 2.45) is 0 Å². The summed E-state index contributed by atoms with van der Waals surface area (Å²) in [5, 5.41) is 13.4. The van der Waals surface area contributed by atoms with Gasteiger partial charge in [-0.2, -0.15) is 4.80 Å². The normalized spacial score (nSPS) is 11.1. The van der Waals surface area contributed by atoms with Crippen molar-refractivity contribution in [3.05, 3.63) is 64.7 Å². The highest BCUT2D eigenvalue weighted by Gasteiger charge is 2.07. The SMILES string of the molecule is CC(C)c1ccc(-c2nnn(Cc3cccc(Cl)c3)n2)cc1. The average Bonchev–Trinajstić information content (AvgIpc) is 2.96. The van der Waals surface area contributed by atoms with E-state index in [1.807, 2.05) is 36.4 Å². The molecule has 5 heteroatoms. The maximum atomic E-state index is 5.99. The van der Waals surface area contributed by atoms with Crippen LogP contribution >= 0.6 is 11.6 Å². The minimum absolute atomic E-state index is 0.514. The monoisotopic (exact) mass is 312 g/mol. The molecule has 0 aliphatic rings. The van der Waals surface area contributed by atoms with E-state index in [1.165, 1.54) is 5.56 Å². The molecule has 2 aromatic carbocycles. The predicted molar refractivity (Wildman–Crippen MR) is 87.9 cm³/mol. The van der Waals surface area contributed by atoms with Crippen LogP contribution in [0, 0.1) is 0 Å². The summed E-state index contributed by atoms with van der Waals surface area (Å²) in [5.74, 6) is 1.15. The van der Waals surface area contributed by atoms with Gasteiger partial charge in [0.2, 0.25) is 5.82 Å². The van der Waals surface area contributed by atoms with Crippen LogP contribution in [0.15, 0.2) is 48.5 Å². The van der Waals surface area contributed by atoms with Crippen LogP contribution in [0.25, 0.3) is 11.4 Å². The van der Waals surface area contributed by atoms with Crippen LogP contribution in [0.3, 0.4) is 0 Å². The number of aromatic nitrogens is 4. The molecule has 0 N–H and O–H groups in total. The predicted octanol–water partition coefficient (Wildman–Crippen LogP) is 4.17. The largest absolute Gasteiger partial charge is 0.204 e. The number of halogens is 1. The molecule has 0 fully saturated rings. The standard InChI is InChI=1S/C17H17ClN4/c1-12(2)14-6-8-15(9-7-14)17-19-21-22(20-17)11-13-4-3-5-16(18)10-13/h3-10,12H,11H2,1-2H3. The van der Waals surface area contributed by atoms with Gasteiger partial charge in [0, 0.05) is 10.6 Å². The Hall–Kier alpha value is -2.20. The molecule has 0 saturated carbocycles. The molecule has 0 atom stereocenters. The second-order valence-electron chi connectivity index (χ2n) is 5.55. The van der Waals surface area contributed by atoms with E-state index < -0.39 is 0 Å². The van der Waals surface area contributed by atoms with Gasteiger partial charge in [0.05, 0.1) is 6.54 Å². The van der Waals surface area contributed by atoms with Crippen molar-refractivity contribution < 1.29 is 0 Å². The lowest BCUT2D eigenvalue weighted by atomic mass is 10.0. The van der Waals surface area contributed by atoms with Gasteiger partial charge >= 0.3 is 0 Å². The second-order valence-corrected chi connectivity index (χ2v) is 5.99. The molecule has 0 aliphatic carbocycles. The lowest BCUT2D eigenvalue weighted by molar-refractivity contribution is 0.573. The molecule has 1 heterocycles. The Morgan fingerprint density at radius 3 is 2.55 bits per heavy atom. The molecule has 0 saturated heterocycles. The Kier molecular flexibility index (Phi) is 4.20. The zero-order chi connectivity index (χ0) is 15.5. The maximum Gasteiger partial charge on any atom is 0.204 e. The molecular formula is C17H17ClN4. The van der Waals surface area contributed by atoms with Crippen molar-refractivity contribution in [2.45, 2.75) is 26.3 Å². The van der Waals surface area contributed by atoms with Crippen molar-refractivity contribution in [3.63, 3.8) is 0 Å². The number of rotatable bonds is 4. The van der Waals surface area contributed by atoms with Crippen LogP contribution in [0.5, 0.6) is 0 Å². The number of nitrogens with zero attached hydrogens (tertiary/aromatic N) is 4. The Labute approximate surface area is 134 Å². The molecule has 22 heavy (non-hydrogen) atoms. The lowest BCUT2D eigenvalue weighted by Gasteiger charge is -2.04. The molecule has 0 bridgehead atoms. The average molecular weight is 313 g/mol. The highest BCUT2D eigenvalue weighted by atomic mass is 35.5. The molecule has 0 aliphatic heterocycles. The third kappa shape index (κ3) is 3.34. The van der Waals surface area contributed by atoms with Gasteiger partial charge in [-0.05, 0) is 34.4 Å². The molecule has 0 spiro atoms. The van der Waals surface area contributed by atoms with E-state index >= 15 is 0 Å². The summed E-state index contributed by atoms with van der Waals surface area (Å²) in [4.78, 5) is 1.58. The van der Waals surface area contributed by atoms with Gasteiger partial charge in [0.1, 0.15) is 0 Å². The smallest absolute Gasteiger partial charge is 0.159 e.